The van der Waals surface area contributed by atoms with Gasteiger partial charge in [0.25, 0.3) is 0 Å². The van der Waals surface area contributed by atoms with Crippen LogP contribution in [-0.4, -0.2) is 16.7 Å². The zero-order valence-electron chi connectivity index (χ0n) is 10.9. The summed E-state index contributed by atoms with van der Waals surface area (Å²) >= 11 is 5.84. The van der Waals surface area contributed by atoms with Gasteiger partial charge in [0.05, 0.1) is 5.69 Å². The molecule has 0 unspecified atom stereocenters. The number of halogens is 1. The van der Waals surface area contributed by atoms with Crippen molar-refractivity contribution in [2.45, 2.75) is 13.3 Å². The maximum atomic E-state index is 12.4. The van der Waals surface area contributed by atoms with Gasteiger partial charge in [-0.1, -0.05) is 48.9 Å². The smallest absolute Gasteiger partial charge is 0.224 e. The summed E-state index contributed by atoms with van der Waals surface area (Å²) < 4.78 is 0. The fourth-order valence-corrected chi connectivity index (χ4v) is 1.82. The number of aromatic nitrogens is 1. The minimum Gasteiger partial charge on any atom is -0.324 e. The topological polar surface area (TPSA) is 59.1 Å². The van der Waals surface area contributed by atoms with Gasteiger partial charge >= 0.3 is 0 Å². The van der Waals surface area contributed by atoms with E-state index in [4.69, 9.17) is 11.6 Å². The number of amides is 1. The summed E-state index contributed by atoms with van der Waals surface area (Å²) in [6.45, 7) is 1.73. The lowest BCUT2D eigenvalue weighted by molar-refractivity contribution is -0.115. The zero-order chi connectivity index (χ0) is 14.5. The molecular weight excluding hydrogens is 276 g/mol. The van der Waals surface area contributed by atoms with Gasteiger partial charge in [0, 0.05) is 12.0 Å². The molecular formula is C15H13ClN2O2. The molecule has 1 N–H and O–H groups in total. The minimum atomic E-state index is -0.278. The second kappa shape index (κ2) is 6.30. The lowest BCUT2D eigenvalue weighted by Gasteiger charge is -2.09. The van der Waals surface area contributed by atoms with Crippen molar-refractivity contribution in [1.29, 1.82) is 0 Å². The highest BCUT2D eigenvalue weighted by molar-refractivity contribution is 6.30. The van der Waals surface area contributed by atoms with Gasteiger partial charge in [-0.2, -0.15) is 0 Å². The van der Waals surface area contributed by atoms with E-state index in [1.54, 1.807) is 37.3 Å². The lowest BCUT2D eigenvalue weighted by Crippen LogP contribution is -2.15. The van der Waals surface area contributed by atoms with Gasteiger partial charge in [0.15, 0.2) is 0 Å². The first-order valence-electron chi connectivity index (χ1n) is 6.18. The molecule has 0 saturated heterocycles. The molecule has 102 valence electrons. The van der Waals surface area contributed by atoms with Gasteiger partial charge in [-0.3, -0.25) is 9.59 Å². The highest BCUT2D eigenvalue weighted by Gasteiger charge is 2.17. The molecule has 1 heterocycles. The number of benzene rings is 1. The molecule has 2 aromatic rings. The summed E-state index contributed by atoms with van der Waals surface area (Å²) in [6, 6.07) is 11.9. The van der Waals surface area contributed by atoms with Crippen LogP contribution >= 0.6 is 11.6 Å². The summed E-state index contributed by atoms with van der Waals surface area (Å²) in [4.78, 5) is 27.9. The number of hydrogen-bond donors (Lipinski definition) is 1. The molecule has 4 nitrogen and oxygen atoms in total. The molecule has 0 spiro atoms. The van der Waals surface area contributed by atoms with Crippen LogP contribution < -0.4 is 5.32 Å². The van der Waals surface area contributed by atoms with Gasteiger partial charge in [-0.15, -0.1) is 0 Å². The van der Waals surface area contributed by atoms with Gasteiger partial charge < -0.3 is 5.32 Å². The van der Waals surface area contributed by atoms with E-state index in [1.165, 1.54) is 6.07 Å². The number of nitrogens with zero attached hydrogens (tertiary/aromatic N) is 1. The van der Waals surface area contributed by atoms with E-state index in [1.807, 2.05) is 6.07 Å². The number of carbonyl (C=O) groups excluding carboxylic acids is 2. The average Bonchev–Trinajstić information content (AvgIpc) is 2.49. The maximum Gasteiger partial charge on any atom is 0.224 e. The predicted octanol–water partition coefficient (Wildman–Crippen LogP) is 3.31. The van der Waals surface area contributed by atoms with Crippen molar-refractivity contribution in [2.75, 3.05) is 5.32 Å². The Morgan fingerprint density at radius 2 is 1.85 bits per heavy atom. The van der Waals surface area contributed by atoms with E-state index in [0.717, 1.165) is 0 Å². The number of carbonyl (C=O) groups is 2. The number of anilines is 1. The molecule has 0 atom stereocenters. The van der Waals surface area contributed by atoms with Crippen molar-refractivity contribution in [2.24, 2.45) is 0 Å². The Morgan fingerprint density at radius 3 is 2.50 bits per heavy atom. The van der Waals surface area contributed by atoms with Crippen molar-refractivity contribution < 1.29 is 9.59 Å². The molecule has 1 aromatic carbocycles. The first kappa shape index (κ1) is 14.2. The number of ketones is 1. The third-order valence-corrected chi connectivity index (χ3v) is 2.92. The molecule has 0 fully saturated rings. The molecule has 0 saturated carbocycles. The monoisotopic (exact) mass is 288 g/mol. The third-order valence-electron chi connectivity index (χ3n) is 2.71. The number of pyridine rings is 1. The van der Waals surface area contributed by atoms with Gasteiger partial charge in [-0.05, 0) is 12.1 Å². The highest BCUT2D eigenvalue weighted by atomic mass is 35.5. The van der Waals surface area contributed by atoms with Crippen LogP contribution in [0.5, 0.6) is 0 Å². The summed E-state index contributed by atoms with van der Waals surface area (Å²) in [7, 11) is 0. The quantitative estimate of drug-likeness (QED) is 0.693. The molecule has 0 bridgehead atoms. The molecule has 0 aliphatic rings. The van der Waals surface area contributed by atoms with E-state index in [0.29, 0.717) is 17.7 Å². The number of hydrogen-bond acceptors (Lipinski definition) is 3. The first-order chi connectivity index (χ1) is 9.61. The molecule has 1 amide bonds. The highest BCUT2D eigenvalue weighted by Crippen LogP contribution is 2.20. The molecule has 5 heteroatoms. The van der Waals surface area contributed by atoms with Crippen LogP contribution in [0.4, 0.5) is 5.69 Å². The summed E-state index contributed by atoms with van der Waals surface area (Å²) in [5.41, 5.74) is 1.01. The predicted molar refractivity (Wildman–Crippen MR) is 78.0 cm³/mol. The Hall–Kier alpha value is -2.20. The van der Waals surface area contributed by atoms with Crippen molar-refractivity contribution in [3.63, 3.8) is 0 Å². The van der Waals surface area contributed by atoms with Crippen LogP contribution in [0.15, 0.2) is 42.5 Å². The summed E-state index contributed by atoms with van der Waals surface area (Å²) in [5.74, 6) is -0.462. The van der Waals surface area contributed by atoms with Crippen molar-refractivity contribution in [3.05, 3.63) is 58.9 Å². The first-order valence-corrected chi connectivity index (χ1v) is 6.55. The second-order valence-electron chi connectivity index (χ2n) is 4.13. The van der Waals surface area contributed by atoms with Crippen molar-refractivity contribution >= 4 is 29.0 Å². The van der Waals surface area contributed by atoms with Crippen LogP contribution in [0.25, 0.3) is 0 Å². The SMILES string of the molecule is CCC(=O)Nc1ccc(Cl)nc1C(=O)c1ccccc1. The minimum absolute atomic E-state index is 0.144. The van der Waals surface area contributed by atoms with Gasteiger partial charge in [0.2, 0.25) is 11.7 Å². The molecule has 0 radical (unpaired) electrons. The molecule has 0 aliphatic carbocycles. The van der Waals surface area contributed by atoms with Crippen molar-refractivity contribution in [1.82, 2.24) is 4.98 Å². The molecule has 1 aromatic heterocycles. The fraction of sp³-hybridized carbons (Fsp3) is 0.133. The normalized spacial score (nSPS) is 10.1. The van der Waals surface area contributed by atoms with Gasteiger partial charge in [-0.25, -0.2) is 4.98 Å². The van der Waals surface area contributed by atoms with E-state index in [-0.39, 0.29) is 22.5 Å². The van der Waals surface area contributed by atoms with Crippen LogP contribution in [0, 0.1) is 0 Å². The molecule has 0 aliphatic heterocycles. The van der Waals surface area contributed by atoms with Crippen LogP contribution in [0.1, 0.15) is 29.4 Å². The van der Waals surface area contributed by atoms with Crippen LogP contribution in [0.3, 0.4) is 0 Å². The summed E-state index contributed by atoms with van der Waals surface area (Å²) in [5, 5.41) is 2.86. The fourth-order valence-electron chi connectivity index (χ4n) is 1.67. The Balaban J connectivity index is 2.41. The van der Waals surface area contributed by atoms with Gasteiger partial charge in [0.1, 0.15) is 10.8 Å². The lowest BCUT2D eigenvalue weighted by atomic mass is 10.1. The maximum absolute atomic E-state index is 12.4. The van der Waals surface area contributed by atoms with E-state index in [2.05, 4.69) is 10.3 Å². The Morgan fingerprint density at radius 1 is 1.15 bits per heavy atom. The van der Waals surface area contributed by atoms with Crippen molar-refractivity contribution in [3.8, 4) is 0 Å². The van der Waals surface area contributed by atoms with E-state index >= 15 is 0 Å². The molecule has 20 heavy (non-hydrogen) atoms. The standard InChI is InChI=1S/C15H13ClN2O2/c1-2-13(19)17-11-8-9-12(16)18-14(11)15(20)10-6-4-3-5-7-10/h3-9H,2H2,1H3,(H,17,19). The van der Waals surface area contributed by atoms with Crippen LogP contribution in [0.2, 0.25) is 5.15 Å². The Bertz CT molecular complexity index is 642. The number of nitrogens with one attached hydrogen (secondary N) is 1. The average molecular weight is 289 g/mol. The molecule has 2 rings (SSSR count). The second-order valence-corrected chi connectivity index (χ2v) is 4.51. The van der Waals surface area contributed by atoms with E-state index in [9.17, 15) is 9.59 Å². The Labute approximate surface area is 121 Å². The third kappa shape index (κ3) is 3.22. The Kier molecular flexibility index (Phi) is 4.48. The zero-order valence-corrected chi connectivity index (χ0v) is 11.6. The summed E-state index contributed by atoms with van der Waals surface area (Å²) in [6.07, 6.45) is 0.321. The van der Waals surface area contributed by atoms with E-state index < -0.39 is 0 Å². The largest absolute Gasteiger partial charge is 0.324 e. The number of rotatable bonds is 4. The van der Waals surface area contributed by atoms with Crippen LogP contribution in [-0.2, 0) is 4.79 Å².